The number of nitrogens with one attached hydrogen (secondary N) is 1. The van der Waals surface area contributed by atoms with Crippen molar-refractivity contribution < 1.29 is 8.42 Å². The first kappa shape index (κ1) is 13.3. The minimum Gasteiger partial charge on any atom is -0.316 e. The van der Waals surface area contributed by atoms with Crippen LogP contribution < -0.4 is 5.32 Å². The van der Waals surface area contributed by atoms with Crippen molar-refractivity contribution in [3.05, 3.63) is 0 Å². The molecule has 100 valence electrons. The monoisotopic (exact) mass is 259 g/mol. The molecule has 0 spiro atoms. The van der Waals surface area contributed by atoms with E-state index < -0.39 is 9.84 Å². The second-order valence-corrected chi connectivity index (χ2v) is 8.30. The van der Waals surface area contributed by atoms with Crippen molar-refractivity contribution in [1.29, 1.82) is 0 Å². The van der Waals surface area contributed by atoms with E-state index in [9.17, 15) is 8.42 Å². The van der Waals surface area contributed by atoms with E-state index in [1.807, 2.05) is 7.05 Å². The Balaban J connectivity index is 2.16. The topological polar surface area (TPSA) is 46.2 Å². The summed E-state index contributed by atoms with van der Waals surface area (Å²) in [5, 5.41) is 3.04. The van der Waals surface area contributed by atoms with Gasteiger partial charge in [0.1, 0.15) is 0 Å². The van der Waals surface area contributed by atoms with Crippen LogP contribution in [0.4, 0.5) is 0 Å². The minimum atomic E-state index is -2.92. The Morgan fingerprint density at radius 2 is 1.71 bits per heavy atom. The highest BCUT2D eigenvalue weighted by Gasteiger charge is 2.42. The zero-order chi connectivity index (χ0) is 12.5. The van der Waals surface area contributed by atoms with Gasteiger partial charge in [-0.3, -0.25) is 0 Å². The van der Waals surface area contributed by atoms with Crippen molar-refractivity contribution in [3.63, 3.8) is 0 Å². The maximum Gasteiger partial charge on any atom is 0.157 e. The molecule has 2 aliphatic rings. The predicted molar refractivity (Wildman–Crippen MR) is 70.8 cm³/mol. The van der Waals surface area contributed by atoms with Gasteiger partial charge in [0.15, 0.2) is 9.84 Å². The van der Waals surface area contributed by atoms with Gasteiger partial charge in [0, 0.05) is 6.04 Å². The van der Waals surface area contributed by atoms with Crippen molar-refractivity contribution >= 4 is 9.84 Å². The van der Waals surface area contributed by atoms with E-state index in [1.165, 1.54) is 0 Å². The van der Waals surface area contributed by atoms with Gasteiger partial charge in [-0.2, -0.15) is 0 Å². The molecule has 0 aromatic heterocycles. The van der Waals surface area contributed by atoms with E-state index in [0.29, 0.717) is 5.92 Å². The van der Waals surface area contributed by atoms with E-state index in [1.54, 1.807) is 0 Å². The molecule has 3 unspecified atom stereocenters. The van der Waals surface area contributed by atoms with Crippen LogP contribution in [-0.2, 0) is 9.84 Å². The predicted octanol–water partition coefficient (Wildman–Crippen LogP) is 2.12. The van der Waals surface area contributed by atoms with Crippen LogP contribution in [0.25, 0.3) is 0 Å². The summed E-state index contributed by atoms with van der Waals surface area (Å²) in [6.07, 6.45) is 6.99. The van der Waals surface area contributed by atoms with E-state index >= 15 is 0 Å². The lowest BCUT2D eigenvalue weighted by atomic mass is 9.87. The fourth-order valence-corrected chi connectivity index (χ4v) is 6.30. The lowest BCUT2D eigenvalue weighted by Gasteiger charge is -2.35. The lowest BCUT2D eigenvalue weighted by Crippen LogP contribution is -2.49. The zero-order valence-electron chi connectivity index (χ0n) is 11.0. The lowest BCUT2D eigenvalue weighted by molar-refractivity contribution is 0.318. The van der Waals surface area contributed by atoms with Gasteiger partial charge in [0.05, 0.1) is 10.5 Å². The van der Waals surface area contributed by atoms with Gasteiger partial charge >= 0.3 is 0 Å². The van der Waals surface area contributed by atoms with Gasteiger partial charge in [-0.25, -0.2) is 8.42 Å². The van der Waals surface area contributed by atoms with Gasteiger partial charge in [0.25, 0.3) is 0 Å². The summed E-state index contributed by atoms with van der Waals surface area (Å²) in [6.45, 7) is 2.18. The first-order valence-electron chi connectivity index (χ1n) is 6.95. The third-order valence-corrected chi connectivity index (χ3v) is 7.38. The molecule has 1 N–H and O–H groups in total. The summed E-state index contributed by atoms with van der Waals surface area (Å²) < 4.78 is 25.3. The summed E-state index contributed by atoms with van der Waals surface area (Å²) in [5.74, 6) is 0.556. The summed E-state index contributed by atoms with van der Waals surface area (Å²) in [6, 6.07) is 0.178. The first-order valence-corrected chi connectivity index (χ1v) is 8.56. The van der Waals surface area contributed by atoms with Crippen molar-refractivity contribution in [3.8, 4) is 0 Å². The second-order valence-electron chi connectivity index (χ2n) is 5.85. The molecular weight excluding hydrogens is 234 g/mol. The summed E-state index contributed by atoms with van der Waals surface area (Å²) in [5.41, 5.74) is 0. The summed E-state index contributed by atoms with van der Waals surface area (Å²) in [7, 11) is -1.02. The van der Waals surface area contributed by atoms with Crippen molar-refractivity contribution in [2.45, 2.75) is 68.4 Å². The highest BCUT2D eigenvalue weighted by atomic mass is 32.2. The highest BCUT2D eigenvalue weighted by molar-refractivity contribution is 7.92. The Labute approximate surface area is 105 Å². The van der Waals surface area contributed by atoms with E-state index in [0.717, 1.165) is 44.9 Å². The normalized spacial score (nSPS) is 36.2. The molecule has 2 saturated carbocycles. The molecule has 0 amide bonds. The number of hydrogen-bond acceptors (Lipinski definition) is 3. The fraction of sp³-hybridized carbons (Fsp3) is 1.00. The first-order chi connectivity index (χ1) is 8.05. The van der Waals surface area contributed by atoms with Crippen LogP contribution >= 0.6 is 0 Å². The number of rotatable bonds is 3. The molecule has 0 bridgehead atoms. The Hall–Kier alpha value is -0.0900. The molecule has 17 heavy (non-hydrogen) atoms. The van der Waals surface area contributed by atoms with Gasteiger partial charge in [-0.05, 0) is 45.1 Å². The number of hydrogen-bond donors (Lipinski definition) is 1. The Morgan fingerprint density at radius 3 is 2.29 bits per heavy atom. The second kappa shape index (κ2) is 5.27. The third kappa shape index (κ3) is 2.68. The van der Waals surface area contributed by atoms with Gasteiger partial charge in [-0.15, -0.1) is 0 Å². The van der Waals surface area contributed by atoms with Gasteiger partial charge in [0.2, 0.25) is 0 Å². The van der Waals surface area contributed by atoms with Crippen LogP contribution in [0.3, 0.4) is 0 Å². The average Bonchev–Trinajstić information content (AvgIpc) is 2.83. The molecule has 0 radical (unpaired) electrons. The smallest absolute Gasteiger partial charge is 0.157 e. The number of sulfone groups is 1. The molecule has 4 heteroatoms. The molecule has 0 aromatic carbocycles. The molecule has 3 nitrogen and oxygen atoms in total. The van der Waals surface area contributed by atoms with Crippen LogP contribution in [0.2, 0.25) is 0 Å². The standard InChI is InChI=1S/C13H25NO2S/c1-10-7-8-12(14-2)13(9-10)17(15,16)11-5-3-4-6-11/h10-14H,3-9H2,1-2H3. The fourth-order valence-electron chi connectivity index (χ4n) is 3.49. The maximum absolute atomic E-state index is 12.7. The largest absolute Gasteiger partial charge is 0.316 e. The average molecular weight is 259 g/mol. The summed E-state index contributed by atoms with van der Waals surface area (Å²) >= 11 is 0. The van der Waals surface area contributed by atoms with Crippen molar-refractivity contribution in [1.82, 2.24) is 5.32 Å². The third-order valence-electron chi connectivity index (χ3n) is 4.61. The zero-order valence-corrected chi connectivity index (χ0v) is 11.8. The van der Waals surface area contributed by atoms with Crippen LogP contribution in [0.5, 0.6) is 0 Å². The van der Waals surface area contributed by atoms with Crippen LogP contribution in [0.1, 0.15) is 51.9 Å². The quantitative estimate of drug-likeness (QED) is 0.844. The Kier molecular flexibility index (Phi) is 4.14. The van der Waals surface area contributed by atoms with Crippen LogP contribution in [-0.4, -0.2) is 32.0 Å². The van der Waals surface area contributed by atoms with E-state index in [-0.39, 0.29) is 16.5 Å². The van der Waals surface area contributed by atoms with Crippen LogP contribution in [0.15, 0.2) is 0 Å². The SMILES string of the molecule is CNC1CCC(C)CC1S(=O)(=O)C1CCCC1. The van der Waals surface area contributed by atoms with Crippen LogP contribution in [0, 0.1) is 5.92 Å². The molecule has 3 atom stereocenters. The Morgan fingerprint density at radius 1 is 1.06 bits per heavy atom. The molecule has 0 aromatic rings. The highest BCUT2D eigenvalue weighted by Crippen LogP contribution is 2.35. The van der Waals surface area contributed by atoms with E-state index in [4.69, 9.17) is 0 Å². The summed E-state index contributed by atoms with van der Waals surface area (Å²) in [4.78, 5) is 0. The molecule has 2 fully saturated rings. The molecule has 2 rings (SSSR count). The molecule has 0 heterocycles. The van der Waals surface area contributed by atoms with E-state index in [2.05, 4.69) is 12.2 Å². The maximum atomic E-state index is 12.7. The van der Waals surface area contributed by atoms with Crippen molar-refractivity contribution in [2.75, 3.05) is 7.05 Å². The van der Waals surface area contributed by atoms with Gasteiger partial charge in [-0.1, -0.05) is 19.8 Å². The molecule has 0 aliphatic heterocycles. The minimum absolute atomic E-state index is 0.0475. The Bertz CT molecular complexity index is 346. The molecule has 0 saturated heterocycles. The van der Waals surface area contributed by atoms with Gasteiger partial charge < -0.3 is 5.32 Å². The van der Waals surface area contributed by atoms with Crippen molar-refractivity contribution in [2.24, 2.45) is 5.92 Å². The molecular formula is C13H25NO2S. The molecule has 2 aliphatic carbocycles.